The Bertz CT molecular complexity index is 934. The summed E-state index contributed by atoms with van der Waals surface area (Å²) in [6.07, 6.45) is 0. The Morgan fingerprint density at radius 1 is 1.04 bits per heavy atom. The van der Waals surface area contributed by atoms with Crippen LogP contribution in [0.1, 0.15) is 38.8 Å². The fourth-order valence-corrected chi connectivity index (χ4v) is 2.61. The number of anilines is 1. The van der Waals surface area contributed by atoms with Gasteiger partial charge in [0.1, 0.15) is 0 Å². The zero-order valence-electron chi connectivity index (χ0n) is 15.3. The van der Waals surface area contributed by atoms with Crippen molar-refractivity contribution in [2.24, 2.45) is 0 Å². The lowest BCUT2D eigenvalue weighted by atomic mass is 10.1. The molecule has 0 aromatic heterocycles. The van der Waals surface area contributed by atoms with Gasteiger partial charge in [-0.05, 0) is 50.1 Å². The van der Waals surface area contributed by atoms with Crippen LogP contribution in [0.25, 0.3) is 0 Å². The fraction of sp³-hybridized carbons (Fsp3) is 0.250. The molecular weight excluding hydrogens is 350 g/mol. The number of ketones is 1. The Balaban J connectivity index is 1.66. The van der Waals surface area contributed by atoms with Crippen LogP contribution in [-0.2, 0) is 9.53 Å². The summed E-state index contributed by atoms with van der Waals surface area (Å²) >= 11 is 0. The minimum Gasteiger partial charge on any atom is -0.454 e. The number of benzene rings is 2. The Morgan fingerprint density at radius 2 is 1.74 bits per heavy atom. The van der Waals surface area contributed by atoms with Crippen LogP contribution in [0.2, 0.25) is 0 Å². The van der Waals surface area contributed by atoms with Gasteiger partial charge in [-0.1, -0.05) is 6.07 Å². The molecule has 1 aliphatic heterocycles. The molecule has 0 radical (unpaired) electrons. The lowest BCUT2D eigenvalue weighted by molar-refractivity contribution is -0.119. The van der Waals surface area contributed by atoms with Gasteiger partial charge in [0.15, 0.2) is 23.9 Å². The molecule has 0 fully saturated rings. The van der Waals surface area contributed by atoms with Gasteiger partial charge in [0.25, 0.3) is 5.91 Å². The second kappa shape index (κ2) is 7.49. The Hall–Kier alpha value is -3.35. The van der Waals surface area contributed by atoms with Crippen LogP contribution in [0.4, 0.5) is 5.69 Å². The number of aryl methyl sites for hydroxylation is 2. The number of nitrogens with one attached hydrogen (secondary N) is 1. The van der Waals surface area contributed by atoms with Crippen molar-refractivity contribution in [2.75, 3.05) is 18.7 Å². The molecule has 27 heavy (non-hydrogen) atoms. The summed E-state index contributed by atoms with van der Waals surface area (Å²) in [6, 6.07) is 8.21. The number of hydrogen-bond acceptors (Lipinski definition) is 6. The number of esters is 1. The summed E-state index contributed by atoms with van der Waals surface area (Å²) in [4.78, 5) is 36.1. The van der Waals surface area contributed by atoms with E-state index in [9.17, 15) is 14.4 Å². The van der Waals surface area contributed by atoms with E-state index in [0.717, 1.165) is 11.1 Å². The highest BCUT2D eigenvalue weighted by molar-refractivity contribution is 6.05. The molecule has 2 aromatic rings. The first-order chi connectivity index (χ1) is 12.8. The second-order valence-electron chi connectivity index (χ2n) is 6.23. The van der Waals surface area contributed by atoms with Crippen LogP contribution in [0.3, 0.4) is 0 Å². The maximum Gasteiger partial charge on any atom is 0.338 e. The van der Waals surface area contributed by atoms with E-state index in [1.165, 1.54) is 19.1 Å². The molecular formula is C20H19NO6. The summed E-state index contributed by atoms with van der Waals surface area (Å²) in [7, 11) is 0. The van der Waals surface area contributed by atoms with Gasteiger partial charge in [0.05, 0.1) is 11.3 Å². The van der Waals surface area contributed by atoms with Crippen LogP contribution in [0.5, 0.6) is 11.5 Å². The standard InChI is InChI=1S/C20H19NO6/c1-11-4-5-14(6-12(11)2)20(24)25-9-19(23)21-16-8-18-17(26-10-27-18)7-15(16)13(3)22/h4-8H,9-10H2,1-3H3,(H,21,23). The van der Waals surface area contributed by atoms with Crippen LogP contribution < -0.4 is 14.8 Å². The van der Waals surface area contributed by atoms with E-state index in [-0.39, 0.29) is 23.8 Å². The van der Waals surface area contributed by atoms with Gasteiger partial charge in [-0.15, -0.1) is 0 Å². The number of carbonyl (C=O) groups is 3. The number of amides is 1. The molecule has 0 saturated carbocycles. The van der Waals surface area contributed by atoms with Crippen LogP contribution in [0, 0.1) is 13.8 Å². The third kappa shape index (κ3) is 4.08. The normalized spacial score (nSPS) is 11.8. The zero-order valence-corrected chi connectivity index (χ0v) is 15.3. The van der Waals surface area contributed by atoms with Crippen molar-refractivity contribution in [2.45, 2.75) is 20.8 Å². The number of rotatable bonds is 5. The maximum atomic E-state index is 12.2. The van der Waals surface area contributed by atoms with Gasteiger partial charge in [-0.2, -0.15) is 0 Å². The number of ether oxygens (including phenoxy) is 3. The van der Waals surface area contributed by atoms with Crippen molar-refractivity contribution in [1.29, 1.82) is 0 Å². The molecule has 0 aliphatic carbocycles. The highest BCUT2D eigenvalue weighted by Gasteiger charge is 2.21. The number of hydrogen-bond donors (Lipinski definition) is 1. The highest BCUT2D eigenvalue weighted by Crippen LogP contribution is 2.37. The molecule has 2 aromatic carbocycles. The largest absolute Gasteiger partial charge is 0.454 e. The molecule has 1 aliphatic rings. The van der Waals surface area contributed by atoms with E-state index >= 15 is 0 Å². The third-order valence-electron chi connectivity index (χ3n) is 4.24. The minimum atomic E-state index is -0.592. The third-order valence-corrected chi connectivity index (χ3v) is 4.24. The first kappa shape index (κ1) is 18.4. The molecule has 0 spiro atoms. The Morgan fingerprint density at radius 3 is 2.41 bits per heavy atom. The second-order valence-corrected chi connectivity index (χ2v) is 6.23. The summed E-state index contributed by atoms with van der Waals surface area (Å²) in [5.41, 5.74) is 2.95. The number of carbonyl (C=O) groups excluding carboxylic acids is 3. The van der Waals surface area contributed by atoms with Gasteiger partial charge >= 0.3 is 5.97 Å². The Kier molecular flexibility index (Phi) is 5.12. The average molecular weight is 369 g/mol. The van der Waals surface area contributed by atoms with E-state index < -0.39 is 18.5 Å². The molecule has 140 valence electrons. The first-order valence-electron chi connectivity index (χ1n) is 8.34. The van der Waals surface area contributed by atoms with Gasteiger partial charge in [0.2, 0.25) is 6.79 Å². The molecule has 0 atom stereocenters. The van der Waals surface area contributed by atoms with Crippen molar-refractivity contribution < 1.29 is 28.6 Å². The average Bonchev–Trinajstić information content (AvgIpc) is 3.08. The van der Waals surface area contributed by atoms with E-state index in [1.807, 2.05) is 19.9 Å². The van der Waals surface area contributed by atoms with Crippen molar-refractivity contribution in [3.63, 3.8) is 0 Å². The fourth-order valence-electron chi connectivity index (χ4n) is 2.61. The summed E-state index contributed by atoms with van der Waals surface area (Å²) in [6.45, 7) is 4.79. The van der Waals surface area contributed by atoms with E-state index in [0.29, 0.717) is 17.1 Å². The quantitative estimate of drug-likeness (QED) is 0.643. The maximum absolute atomic E-state index is 12.2. The van der Waals surface area contributed by atoms with Crippen molar-refractivity contribution in [3.05, 3.63) is 52.6 Å². The smallest absolute Gasteiger partial charge is 0.338 e. The van der Waals surface area contributed by atoms with Crippen LogP contribution in [0.15, 0.2) is 30.3 Å². The topological polar surface area (TPSA) is 90.9 Å². The van der Waals surface area contributed by atoms with Gasteiger partial charge in [-0.3, -0.25) is 9.59 Å². The molecule has 0 saturated heterocycles. The zero-order chi connectivity index (χ0) is 19.6. The van der Waals surface area contributed by atoms with Crippen molar-refractivity contribution in [1.82, 2.24) is 0 Å². The lowest BCUT2D eigenvalue weighted by Gasteiger charge is -2.11. The molecule has 7 heteroatoms. The monoisotopic (exact) mass is 369 g/mol. The molecule has 7 nitrogen and oxygen atoms in total. The van der Waals surface area contributed by atoms with Crippen molar-refractivity contribution in [3.8, 4) is 11.5 Å². The lowest BCUT2D eigenvalue weighted by Crippen LogP contribution is -2.22. The van der Waals surface area contributed by atoms with Crippen molar-refractivity contribution >= 4 is 23.3 Å². The predicted octanol–water partition coefficient (Wildman–Crippen LogP) is 3.03. The van der Waals surface area contributed by atoms with E-state index in [2.05, 4.69) is 5.32 Å². The Labute approximate surface area is 156 Å². The molecule has 1 N–H and O–H groups in total. The van der Waals surface area contributed by atoms with Gasteiger partial charge in [0, 0.05) is 11.6 Å². The van der Waals surface area contributed by atoms with Crippen LogP contribution >= 0.6 is 0 Å². The molecule has 0 unspecified atom stereocenters. The summed E-state index contributed by atoms with van der Waals surface area (Å²) in [5, 5.41) is 2.58. The summed E-state index contributed by atoms with van der Waals surface area (Å²) in [5.74, 6) is -0.517. The van der Waals surface area contributed by atoms with Gasteiger partial charge < -0.3 is 19.5 Å². The minimum absolute atomic E-state index is 0.0532. The number of Topliss-reactive ketones (excluding diaryl/α,β-unsaturated/α-hetero) is 1. The van der Waals surface area contributed by atoms with E-state index in [1.54, 1.807) is 12.1 Å². The SMILES string of the molecule is CC(=O)c1cc2c(cc1NC(=O)COC(=O)c1ccc(C)c(C)c1)OCO2. The molecule has 1 heterocycles. The first-order valence-corrected chi connectivity index (χ1v) is 8.34. The van der Waals surface area contributed by atoms with Gasteiger partial charge in [-0.25, -0.2) is 4.79 Å². The van der Waals surface area contributed by atoms with Crippen LogP contribution in [-0.4, -0.2) is 31.1 Å². The predicted molar refractivity (Wildman–Crippen MR) is 97.4 cm³/mol. The summed E-state index contributed by atoms with van der Waals surface area (Å²) < 4.78 is 15.6. The highest BCUT2D eigenvalue weighted by atomic mass is 16.7. The van der Waals surface area contributed by atoms with E-state index in [4.69, 9.17) is 14.2 Å². The molecule has 0 bridgehead atoms. The molecule has 1 amide bonds. The molecule has 3 rings (SSSR count). The number of fused-ring (bicyclic) bond motifs is 1.